The van der Waals surface area contributed by atoms with Gasteiger partial charge in [-0.15, -0.1) is 0 Å². The van der Waals surface area contributed by atoms with Crippen molar-refractivity contribution in [3.05, 3.63) is 48.2 Å². The summed E-state index contributed by atoms with van der Waals surface area (Å²) in [5, 5.41) is 6.40. The minimum Gasteiger partial charge on any atom is -0.497 e. The summed E-state index contributed by atoms with van der Waals surface area (Å²) in [5.74, 6) is 1.25. The van der Waals surface area contributed by atoms with Gasteiger partial charge < -0.3 is 29.4 Å². The summed E-state index contributed by atoms with van der Waals surface area (Å²) < 4.78 is 17.6. The minimum absolute atomic E-state index is 0.163. The zero-order valence-electron chi connectivity index (χ0n) is 16.3. The second kappa shape index (κ2) is 7.38. The molecule has 1 aliphatic heterocycles. The number of aromatic nitrogens is 1. The number of hydrogen-bond acceptors (Lipinski definition) is 5. The molecule has 0 fully saturated rings. The lowest BCUT2D eigenvalue weighted by atomic mass is 10.2. The number of nitrogens with zero attached hydrogens (tertiary/aromatic N) is 1. The Kier molecular flexibility index (Phi) is 4.75. The number of amides is 2. The quantitative estimate of drug-likeness (QED) is 0.693. The van der Waals surface area contributed by atoms with Gasteiger partial charge in [-0.1, -0.05) is 0 Å². The van der Waals surface area contributed by atoms with E-state index in [1.165, 1.54) is 0 Å². The largest absolute Gasteiger partial charge is 0.497 e. The van der Waals surface area contributed by atoms with E-state index in [2.05, 4.69) is 10.6 Å². The topological polar surface area (TPSA) is 90.8 Å². The van der Waals surface area contributed by atoms with E-state index in [-0.39, 0.29) is 18.6 Å². The number of rotatable bonds is 5. The summed E-state index contributed by atoms with van der Waals surface area (Å²) in [4.78, 5) is 25.2. The van der Waals surface area contributed by atoms with Crippen LogP contribution < -0.4 is 24.8 Å². The van der Waals surface area contributed by atoms with Crippen LogP contribution in [0.15, 0.2) is 42.5 Å². The SMILES string of the molecule is COc1ccc2c(c1)cc(C(=O)N[C@H](C)C(=O)Nc1ccc3c(c1)OCO3)n2C. The van der Waals surface area contributed by atoms with Crippen molar-refractivity contribution in [3.63, 3.8) is 0 Å². The Morgan fingerprint density at radius 1 is 1.10 bits per heavy atom. The van der Waals surface area contributed by atoms with Gasteiger partial charge in [0.15, 0.2) is 11.5 Å². The summed E-state index contributed by atoms with van der Waals surface area (Å²) in [5.41, 5.74) is 1.92. The molecule has 0 bridgehead atoms. The molecule has 29 heavy (non-hydrogen) atoms. The molecular weight excluding hydrogens is 374 g/mol. The van der Waals surface area contributed by atoms with Gasteiger partial charge in [0.25, 0.3) is 5.91 Å². The number of carbonyl (C=O) groups excluding carboxylic acids is 2. The number of ether oxygens (including phenoxy) is 3. The second-order valence-corrected chi connectivity index (χ2v) is 6.77. The van der Waals surface area contributed by atoms with E-state index in [1.807, 2.05) is 18.2 Å². The summed E-state index contributed by atoms with van der Waals surface area (Å²) >= 11 is 0. The Morgan fingerprint density at radius 2 is 1.90 bits per heavy atom. The number of fused-ring (bicyclic) bond motifs is 2. The van der Waals surface area contributed by atoms with E-state index >= 15 is 0 Å². The molecular formula is C21H21N3O5. The van der Waals surface area contributed by atoms with Crippen molar-refractivity contribution in [1.82, 2.24) is 9.88 Å². The van der Waals surface area contributed by atoms with E-state index < -0.39 is 6.04 Å². The average Bonchev–Trinajstić information content (AvgIpc) is 3.31. The monoisotopic (exact) mass is 395 g/mol. The third-order valence-corrected chi connectivity index (χ3v) is 4.86. The van der Waals surface area contributed by atoms with Crippen LogP contribution in [0.2, 0.25) is 0 Å². The molecule has 0 unspecified atom stereocenters. The maximum absolute atomic E-state index is 12.7. The second-order valence-electron chi connectivity index (χ2n) is 6.77. The van der Waals surface area contributed by atoms with E-state index in [1.54, 1.807) is 49.9 Å². The lowest BCUT2D eigenvalue weighted by molar-refractivity contribution is -0.117. The molecule has 150 valence electrons. The molecule has 3 aromatic rings. The molecule has 8 heteroatoms. The van der Waals surface area contributed by atoms with Crippen LogP contribution in [-0.2, 0) is 11.8 Å². The van der Waals surface area contributed by atoms with Crippen molar-refractivity contribution >= 4 is 28.4 Å². The summed E-state index contributed by atoms with van der Waals surface area (Å²) in [7, 11) is 3.40. The number of aryl methyl sites for hydroxylation is 1. The van der Waals surface area contributed by atoms with Crippen LogP contribution in [0.25, 0.3) is 10.9 Å². The Bertz CT molecular complexity index is 1110. The van der Waals surface area contributed by atoms with Crippen molar-refractivity contribution < 1.29 is 23.8 Å². The lowest BCUT2D eigenvalue weighted by Crippen LogP contribution is -2.42. The van der Waals surface area contributed by atoms with Crippen LogP contribution in [-0.4, -0.2) is 36.3 Å². The highest BCUT2D eigenvalue weighted by atomic mass is 16.7. The van der Waals surface area contributed by atoms with Crippen LogP contribution in [0.4, 0.5) is 5.69 Å². The molecule has 0 saturated heterocycles. The molecule has 2 heterocycles. The third kappa shape index (κ3) is 3.56. The van der Waals surface area contributed by atoms with Gasteiger partial charge >= 0.3 is 0 Å². The first kappa shape index (κ1) is 18.7. The molecule has 2 N–H and O–H groups in total. The van der Waals surface area contributed by atoms with Gasteiger partial charge in [-0.05, 0) is 43.3 Å². The first-order valence-electron chi connectivity index (χ1n) is 9.11. The predicted octanol–water partition coefficient (Wildman–Crippen LogP) is 2.67. The number of benzene rings is 2. The highest BCUT2D eigenvalue weighted by Gasteiger charge is 2.21. The summed E-state index contributed by atoms with van der Waals surface area (Å²) in [6.07, 6.45) is 0. The van der Waals surface area contributed by atoms with Crippen LogP contribution in [0.1, 0.15) is 17.4 Å². The molecule has 8 nitrogen and oxygen atoms in total. The Morgan fingerprint density at radius 3 is 2.69 bits per heavy atom. The van der Waals surface area contributed by atoms with E-state index in [0.29, 0.717) is 28.6 Å². The molecule has 0 radical (unpaired) electrons. The average molecular weight is 395 g/mol. The standard InChI is InChI=1S/C21H21N3O5/c1-12(20(25)23-14-4-7-18-19(10-14)29-11-28-18)22-21(26)17-9-13-8-15(27-3)5-6-16(13)24(17)2/h4-10,12H,11H2,1-3H3,(H,22,26)(H,23,25)/t12-/m1/s1. The fraction of sp³-hybridized carbons (Fsp3) is 0.238. The summed E-state index contributed by atoms with van der Waals surface area (Å²) in [6.45, 7) is 1.79. The van der Waals surface area contributed by atoms with Crippen molar-refractivity contribution in [2.45, 2.75) is 13.0 Å². The van der Waals surface area contributed by atoms with Gasteiger partial charge in [-0.25, -0.2) is 0 Å². The fourth-order valence-corrected chi connectivity index (χ4v) is 3.23. The van der Waals surface area contributed by atoms with Crippen LogP contribution in [0, 0.1) is 0 Å². The third-order valence-electron chi connectivity index (χ3n) is 4.86. The van der Waals surface area contributed by atoms with Crippen LogP contribution in [0.5, 0.6) is 17.2 Å². The highest BCUT2D eigenvalue weighted by Crippen LogP contribution is 2.34. The van der Waals surface area contributed by atoms with Crippen molar-refractivity contribution in [1.29, 1.82) is 0 Å². The van der Waals surface area contributed by atoms with E-state index in [9.17, 15) is 9.59 Å². The number of methoxy groups -OCH3 is 1. The molecule has 2 amide bonds. The van der Waals surface area contributed by atoms with Gasteiger partial charge in [0.2, 0.25) is 12.7 Å². The van der Waals surface area contributed by atoms with Gasteiger partial charge in [0, 0.05) is 29.7 Å². The number of hydrogen-bond donors (Lipinski definition) is 2. The van der Waals surface area contributed by atoms with E-state index in [0.717, 1.165) is 10.9 Å². The van der Waals surface area contributed by atoms with Crippen LogP contribution in [0.3, 0.4) is 0 Å². The smallest absolute Gasteiger partial charge is 0.268 e. The molecule has 0 spiro atoms. The molecule has 4 rings (SSSR count). The Balaban J connectivity index is 1.45. The van der Waals surface area contributed by atoms with Gasteiger partial charge in [0.05, 0.1) is 7.11 Å². The van der Waals surface area contributed by atoms with Gasteiger partial charge in [0.1, 0.15) is 17.5 Å². The molecule has 1 atom stereocenters. The Labute approximate surface area is 167 Å². The summed E-state index contributed by atoms with van der Waals surface area (Å²) in [6, 6.07) is 11.8. The fourth-order valence-electron chi connectivity index (χ4n) is 3.23. The normalized spacial score (nSPS) is 13.2. The maximum Gasteiger partial charge on any atom is 0.268 e. The lowest BCUT2D eigenvalue weighted by Gasteiger charge is -2.15. The van der Waals surface area contributed by atoms with Crippen molar-refractivity contribution in [3.8, 4) is 17.2 Å². The van der Waals surface area contributed by atoms with Crippen LogP contribution >= 0.6 is 0 Å². The molecule has 2 aromatic carbocycles. The predicted molar refractivity (Wildman–Crippen MR) is 108 cm³/mol. The first-order chi connectivity index (χ1) is 14.0. The molecule has 1 aromatic heterocycles. The first-order valence-corrected chi connectivity index (χ1v) is 9.11. The zero-order valence-corrected chi connectivity index (χ0v) is 16.3. The molecule has 0 aliphatic carbocycles. The number of carbonyl (C=O) groups is 2. The minimum atomic E-state index is -0.736. The molecule has 0 saturated carbocycles. The number of nitrogens with one attached hydrogen (secondary N) is 2. The van der Waals surface area contributed by atoms with Crippen molar-refractivity contribution in [2.24, 2.45) is 7.05 Å². The number of anilines is 1. The molecule has 1 aliphatic rings. The van der Waals surface area contributed by atoms with Crippen molar-refractivity contribution in [2.75, 3.05) is 19.2 Å². The zero-order chi connectivity index (χ0) is 20.5. The Hall–Kier alpha value is -3.68. The highest BCUT2D eigenvalue weighted by molar-refractivity contribution is 6.03. The maximum atomic E-state index is 12.7. The van der Waals surface area contributed by atoms with Gasteiger partial charge in [-0.2, -0.15) is 0 Å². The van der Waals surface area contributed by atoms with Gasteiger partial charge in [-0.3, -0.25) is 9.59 Å². The van der Waals surface area contributed by atoms with E-state index in [4.69, 9.17) is 14.2 Å².